The highest BCUT2D eigenvalue weighted by Crippen LogP contribution is 2.28. The van der Waals surface area contributed by atoms with E-state index in [0.29, 0.717) is 28.5 Å². The number of rotatable bonds is 4. The molecule has 3 N–H and O–H groups in total. The number of imidazole rings is 1. The molecule has 0 fully saturated rings. The third-order valence-corrected chi connectivity index (χ3v) is 4.20. The molecule has 3 heterocycles. The van der Waals surface area contributed by atoms with E-state index in [-0.39, 0.29) is 17.5 Å². The van der Waals surface area contributed by atoms with E-state index in [1.54, 1.807) is 38.3 Å². The van der Waals surface area contributed by atoms with E-state index in [0.717, 1.165) is 0 Å². The topological polar surface area (TPSA) is 90.4 Å². The van der Waals surface area contributed by atoms with E-state index in [9.17, 15) is 8.78 Å². The van der Waals surface area contributed by atoms with Crippen molar-refractivity contribution in [2.24, 2.45) is 0 Å². The minimum Gasteiger partial charge on any atom is -0.497 e. The van der Waals surface area contributed by atoms with Crippen LogP contribution in [0.3, 0.4) is 0 Å². The van der Waals surface area contributed by atoms with Crippen LogP contribution in [0.1, 0.15) is 5.69 Å². The van der Waals surface area contributed by atoms with Crippen molar-refractivity contribution in [3.8, 4) is 17.3 Å². The second-order valence-corrected chi connectivity index (χ2v) is 6.07. The van der Waals surface area contributed by atoms with Gasteiger partial charge in [-0.2, -0.15) is 4.39 Å². The minimum absolute atomic E-state index is 0.0987. The number of nitrogen functional groups attached to an aromatic ring is 1. The molecule has 4 rings (SSSR count). The van der Waals surface area contributed by atoms with Crippen LogP contribution in [0.5, 0.6) is 5.75 Å². The molecule has 142 valence electrons. The molecule has 0 spiro atoms. The summed E-state index contributed by atoms with van der Waals surface area (Å²) in [5, 5.41) is 2.88. The maximum Gasteiger partial charge on any atom is 0.207 e. The van der Waals surface area contributed by atoms with Crippen molar-refractivity contribution in [1.29, 1.82) is 0 Å². The Labute approximate surface area is 158 Å². The number of aryl methyl sites for hydroxylation is 1. The van der Waals surface area contributed by atoms with Crippen LogP contribution < -0.4 is 15.8 Å². The fourth-order valence-electron chi connectivity index (χ4n) is 2.87. The summed E-state index contributed by atoms with van der Waals surface area (Å²) in [4.78, 5) is 12.7. The Bertz CT molecular complexity index is 1170. The number of fused-ring (bicyclic) bond motifs is 1. The van der Waals surface area contributed by atoms with Gasteiger partial charge in [0.15, 0.2) is 17.5 Å². The number of nitrogens with one attached hydrogen (secondary N) is 1. The summed E-state index contributed by atoms with van der Waals surface area (Å²) in [6.45, 7) is 1.74. The first kappa shape index (κ1) is 17.7. The van der Waals surface area contributed by atoms with Crippen molar-refractivity contribution < 1.29 is 13.5 Å². The molecule has 0 saturated carbocycles. The van der Waals surface area contributed by atoms with Gasteiger partial charge in [-0.25, -0.2) is 19.3 Å². The van der Waals surface area contributed by atoms with E-state index < -0.39 is 11.6 Å². The Morgan fingerprint density at radius 2 is 1.79 bits per heavy atom. The Balaban J connectivity index is 1.81. The highest BCUT2D eigenvalue weighted by Gasteiger charge is 2.19. The van der Waals surface area contributed by atoms with Gasteiger partial charge in [0.1, 0.15) is 22.9 Å². The lowest BCUT2D eigenvalue weighted by Gasteiger charge is -2.11. The van der Waals surface area contributed by atoms with E-state index in [1.165, 1.54) is 22.7 Å². The molecule has 0 saturated heterocycles. The fraction of sp³-hybridized carbons (Fsp3) is 0.105. The molecule has 0 aliphatic rings. The zero-order valence-corrected chi connectivity index (χ0v) is 15.1. The lowest BCUT2D eigenvalue weighted by molar-refractivity contribution is 0.415. The van der Waals surface area contributed by atoms with Crippen LogP contribution in [0.15, 0.2) is 42.6 Å². The van der Waals surface area contributed by atoms with Crippen LogP contribution in [0, 0.1) is 18.6 Å². The molecule has 3 aromatic heterocycles. The number of aromatic nitrogens is 4. The Morgan fingerprint density at radius 1 is 1.04 bits per heavy atom. The number of nitrogens with zero attached hydrogens (tertiary/aromatic N) is 4. The molecule has 0 bridgehead atoms. The molecule has 28 heavy (non-hydrogen) atoms. The molecular weight excluding hydrogens is 366 g/mol. The van der Waals surface area contributed by atoms with E-state index in [4.69, 9.17) is 10.5 Å². The van der Waals surface area contributed by atoms with E-state index in [2.05, 4.69) is 20.3 Å². The Kier molecular flexibility index (Phi) is 4.26. The molecule has 0 aliphatic carbocycles. The van der Waals surface area contributed by atoms with Gasteiger partial charge in [-0.05, 0) is 43.3 Å². The van der Waals surface area contributed by atoms with Gasteiger partial charge in [0.2, 0.25) is 5.82 Å². The predicted molar refractivity (Wildman–Crippen MR) is 102 cm³/mol. The number of nitrogens with two attached hydrogens (primary N) is 1. The molecule has 4 aromatic rings. The van der Waals surface area contributed by atoms with Crippen LogP contribution in [0.25, 0.3) is 17.2 Å². The van der Waals surface area contributed by atoms with Crippen LogP contribution in [0.2, 0.25) is 0 Å². The van der Waals surface area contributed by atoms with Crippen LogP contribution in [-0.2, 0) is 0 Å². The number of anilines is 3. The first-order valence-electron chi connectivity index (χ1n) is 8.35. The van der Waals surface area contributed by atoms with Gasteiger partial charge in [-0.15, -0.1) is 0 Å². The SMILES string of the molecule is COc1ccc(Nc2nc(-c3c(C)nc4ccc(F)cn34)nc(N)c2F)cc1. The average molecular weight is 382 g/mol. The molecule has 0 aliphatic heterocycles. The maximum atomic E-state index is 14.5. The van der Waals surface area contributed by atoms with E-state index >= 15 is 0 Å². The number of pyridine rings is 1. The highest BCUT2D eigenvalue weighted by molar-refractivity contribution is 5.67. The molecule has 1 aromatic carbocycles. The number of benzene rings is 1. The van der Waals surface area contributed by atoms with Crippen molar-refractivity contribution >= 4 is 23.0 Å². The zero-order valence-electron chi connectivity index (χ0n) is 15.1. The van der Waals surface area contributed by atoms with Gasteiger partial charge in [-0.3, -0.25) is 4.40 Å². The predicted octanol–water partition coefficient (Wildman–Crippen LogP) is 3.71. The number of hydrogen-bond donors (Lipinski definition) is 2. The summed E-state index contributed by atoms with van der Waals surface area (Å²) in [5.74, 6) is -0.858. The number of hydrogen-bond acceptors (Lipinski definition) is 6. The number of halogens is 2. The standard InChI is InChI=1S/C19H16F2N6O/c1-10-16(27-9-11(20)3-8-14(27)23-10)19-25-17(22)15(21)18(26-19)24-12-4-6-13(28-2)7-5-12/h3-9H,1-2H3,(H3,22,24,25,26). The molecule has 0 amide bonds. The average Bonchev–Trinajstić information content (AvgIpc) is 3.01. The summed E-state index contributed by atoms with van der Waals surface area (Å²) in [6, 6.07) is 9.72. The minimum atomic E-state index is -0.780. The largest absolute Gasteiger partial charge is 0.497 e. The lowest BCUT2D eigenvalue weighted by Crippen LogP contribution is -2.07. The van der Waals surface area contributed by atoms with Gasteiger partial charge in [-0.1, -0.05) is 0 Å². The first-order chi connectivity index (χ1) is 13.5. The smallest absolute Gasteiger partial charge is 0.207 e. The van der Waals surface area contributed by atoms with Gasteiger partial charge in [0, 0.05) is 11.9 Å². The van der Waals surface area contributed by atoms with Gasteiger partial charge < -0.3 is 15.8 Å². The molecule has 0 radical (unpaired) electrons. The zero-order chi connectivity index (χ0) is 19.8. The fourth-order valence-corrected chi connectivity index (χ4v) is 2.87. The van der Waals surface area contributed by atoms with Crippen molar-refractivity contribution in [2.75, 3.05) is 18.2 Å². The molecule has 0 unspecified atom stereocenters. The molecule has 9 heteroatoms. The summed E-state index contributed by atoms with van der Waals surface area (Å²) in [6.07, 6.45) is 1.27. The van der Waals surface area contributed by atoms with Crippen molar-refractivity contribution in [3.63, 3.8) is 0 Å². The quantitative estimate of drug-likeness (QED) is 0.559. The number of ether oxygens (including phenoxy) is 1. The van der Waals surface area contributed by atoms with E-state index in [1.807, 2.05) is 0 Å². The lowest BCUT2D eigenvalue weighted by atomic mass is 10.3. The first-order valence-corrected chi connectivity index (χ1v) is 8.35. The summed E-state index contributed by atoms with van der Waals surface area (Å²) >= 11 is 0. The summed E-state index contributed by atoms with van der Waals surface area (Å²) in [7, 11) is 1.56. The van der Waals surface area contributed by atoms with Crippen LogP contribution in [0.4, 0.5) is 26.1 Å². The second-order valence-electron chi connectivity index (χ2n) is 6.07. The summed E-state index contributed by atoms with van der Waals surface area (Å²) < 4.78 is 34.8. The van der Waals surface area contributed by atoms with Gasteiger partial charge >= 0.3 is 0 Å². The van der Waals surface area contributed by atoms with Crippen molar-refractivity contribution in [1.82, 2.24) is 19.4 Å². The van der Waals surface area contributed by atoms with Gasteiger partial charge in [0.25, 0.3) is 0 Å². The molecule has 7 nitrogen and oxygen atoms in total. The number of methoxy groups -OCH3 is 1. The Hall–Kier alpha value is -3.75. The highest BCUT2D eigenvalue weighted by atomic mass is 19.1. The van der Waals surface area contributed by atoms with Gasteiger partial charge in [0.05, 0.1) is 12.8 Å². The van der Waals surface area contributed by atoms with Crippen molar-refractivity contribution in [2.45, 2.75) is 6.92 Å². The monoisotopic (exact) mass is 382 g/mol. The summed E-state index contributed by atoms with van der Waals surface area (Å²) in [5.41, 5.74) is 7.86. The maximum absolute atomic E-state index is 14.5. The molecule has 0 atom stereocenters. The Morgan fingerprint density at radius 3 is 2.50 bits per heavy atom. The van der Waals surface area contributed by atoms with Crippen LogP contribution in [-0.4, -0.2) is 26.5 Å². The van der Waals surface area contributed by atoms with Crippen molar-refractivity contribution in [3.05, 3.63) is 59.9 Å². The van der Waals surface area contributed by atoms with Crippen LogP contribution >= 0.6 is 0 Å². The normalized spacial score (nSPS) is 11.0. The third kappa shape index (κ3) is 3.07. The third-order valence-electron chi connectivity index (χ3n) is 4.20. The molecular formula is C19H16F2N6O. The second kappa shape index (κ2) is 6.76.